The van der Waals surface area contributed by atoms with E-state index in [4.69, 9.17) is 4.42 Å². The van der Waals surface area contributed by atoms with Gasteiger partial charge in [0.25, 0.3) is 5.22 Å². The van der Waals surface area contributed by atoms with Crippen LogP contribution in [-0.4, -0.2) is 46.2 Å². The quantitative estimate of drug-likeness (QED) is 0.548. The molecule has 0 amide bonds. The van der Waals surface area contributed by atoms with Crippen LogP contribution >= 0.6 is 11.8 Å². The number of ketones is 1. The van der Waals surface area contributed by atoms with Gasteiger partial charge in [0, 0.05) is 28.9 Å². The molecule has 0 N–H and O–H groups in total. The van der Waals surface area contributed by atoms with Crippen LogP contribution in [-0.2, 0) is 9.84 Å². The van der Waals surface area contributed by atoms with Crippen molar-refractivity contribution in [3.05, 3.63) is 28.9 Å². The first-order valence-corrected chi connectivity index (χ1v) is 11.5. The molecule has 2 aromatic heterocycles. The monoisotopic (exact) mass is 395 g/mol. The molecule has 2 aliphatic rings. The smallest absolute Gasteiger partial charge is 0.277 e. The van der Waals surface area contributed by atoms with Gasteiger partial charge in [0.05, 0.1) is 17.3 Å². The summed E-state index contributed by atoms with van der Waals surface area (Å²) in [5.41, 5.74) is 2.40. The van der Waals surface area contributed by atoms with E-state index in [2.05, 4.69) is 10.2 Å². The minimum Gasteiger partial charge on any atom is -0.416 e. The van der Waals surface area contributed by atoms with E-state index in [1.165, 1.54) is 11.8 Å². The number of aromatic nitrogens is 3. The molecule has 0 bridgehead atoms. The van der Waals surface area contributed by atoms with Crippen LogP contribution in [0.4, 0.5) is 0 Å². The van der Waals surface area contributed by atoms with Gasteiger partial charge in [-0.15, -0.1) is 10.2 Å². The van der Waals surface area contributed by atoms with E-state index >= 15 is 0 Å². The zero-order chi connectivity index (χ0) is 18.5. The molecule has 140 valence electrons. The zero-order valence-corrected chi connectivity index (χ0v) is 16.4. The molecule has 1 saturated carbocycles. The molecule has 1 unspecified atom stereocenters. The van der Waals surface area contributed by atoms with Gasteiger partial charge in [-0.2, -0.15) is 0 Å². The highest BCUT2D eigenvalue weighted by Gasteiger charge is 2.32. The Morgan fingerprint density at radius 3 is 2.73 bits per heavy atom. The molecule has 1 aliphatic carbocycles. The third-order valence-electron chi connectivity index (χ3n) is 5.03. The number of carbonyl (C=O) groups excluding carboxylic acids is 1. The third kappa shape index (κ3) is 3.46. The fourth-order valence-electron chi connectivity index (χ4n) is 3.58. The molecular formula is C17H21N3O4S2. The molecule has 0 spiro atoms. The Hall–Kier alpha value is -1.61. The topological polar surface area (TPSA) is 95.1 Å². The standard InChI is InChI=1S/C17H21N3O4S2/c1-10-7-14(11(2)20(10)13-5-6-26(22,23)9-13)15(21)8-25-17-19-18-16(24-17)12-3-4-12/h7,12-13H,3-6,8-9H2,1-2H3. The van der Waals surface area contributed by atoms with Crippen LogP contribution in [0.25, 0.3) is 0 Å². The number of aryl methyl sites for hydroxylation is 1. The van der Waals surface area contributed by atoms with E-state index in [-0.39, 0.29) is 29.1 Å². The Morgan fingerprint density at radius 2 is 2.08 bits per heavy atom. The summed E-state index contributed by atoms with van der Waals surface area (Å²) < 4.78 is 31.1. The maximum absolute atomic E-state index is 12.7. The van der Waals surface area contributed by atoms with Gasteiger partial charge in [-0.3, -0.25) is 4.79 Å². The van der Waals surface area contributed by atoms with Crippen molar-refractivity contribution in [2.75, 3.05) is 17.3 Å². The molecule has 1 saturated heterocycles. The molecule has 7 nitrogen and oxygen atoms in total. The number of nitrogens with zero attached hydrogens (tertiary/aromatic N) is 3. The summed E-state index contributed by atoms with van der Waals surface area (Å²) in [6, 6.07) is 1.78. The van der Waals surface area contributed by atoms with Crippen LogP contribution in [0, 0.1) is 13.8 Å². The average Bonchev–Trinajstić information content (AvgIpc) is 3.11. The summed E-state index contributed by atoms with van der Waals surface area (Å²) >= 11 is 1.25. The van der Waals surface area contributed by atoms with Crippen molar-refractivity contribution in [2.24, 2.45) is 0 Å². The first kappa shape index (κ1) is 17.8. The average molecular weight is 396 g/mol. The maximum atomic E-state index is 12.7. The van der Waals surface area contributed by atoms with E-state index < -0.39 is 9.84 Å². The lowest BCUT2D eigenvalue weighted by molar-refractivity contribution is 0.102. The highest BCUT2D eigenvalue weighted by molar-refractivity contribution is 7.99. The molecule has 26 heavy (non-hydrogen) atoms. The molecule has 2 fully saturated rings. The van der Waals surface area contributed by atoms with Crippen LogP contribution < -0.4 is 0 Å². The van der Waals surface area contributed by atoms with Gasteiger partial charge in [-0.05, 0) is 39.2 Å². The molecule has 2 aromatic rings. The zero-order valence-electron chi connectivity index (χ0n) is 14.8. The van der Waals surface area contributed by atoms with Crippen LogP contribution in [0.5, 0.6) is 0 Å². The molecular weight excluding hydrogens is 374 g/mol. The van der Waals surface area contributed by atoms with E-state index in [0.717, 1.165) is 24.2 Å². The SMILES string of the molecule is Cc1cc(C(=O)CSc2nnc(C3CC3)o2)c(C)n1C1CCS(=O)(=O)C1. The van der Waals surface area contributed by atoms with Gasteiger partial charge in [0.1, 0.15) is 0 Å². The summed E-state index contributed by atoms with van der Waals surface area (Å²) in [5.74, 6) is 1.64. The number of thioether (sulfide) groups is 1. The van der Waals surface area contributed by atoms with Crippen molar-refractivity contribution in [3.8, 4) is 0 Å². The van der Waals surface area contributed by atoms with Crippen LogP contribution in [0.15, 0.2) is 15.7 Å². The van der Waals surface area contributed by atoms with Crippen molar-refractivity contribution in [1.29, 1.82) is 0 Å². The van der Waals surface area contributed by atoms with Gasteiger partial charge in [0.15, 0.2) is 15.6 Å². The van der Waals surface area contributed by atoms with E-state index in [1.54, 1.807) is 0 Å². The van der Waals surface area contributed by atoms with Crippen molar-refractivity contribution in [1.82, 2.24) is 14.8 Å². The minimum atomic E-state index is -2.97. The predicted molar refractivity (Wildman–Crippen MR) is 97.5 cm³/mol. The Bertz CT molecular complexity index is 957. The van der Waals surface area contributed by atoms with Crippen molar-refractivity contribution in [3.63, 3.8) is 0 Å². The lowest BCUT2D eigenvalue weighted by Crippen LogP contribution is -2.14. The van der Waals surface area contributed by atoms with E-state index in [0.29, 0.717) is 29.0 Å². The highest BCUT2D eigenvalue weighted by atomic mass is 32.2. The van der Waals surface area contributed by atoms with Crippen LogP contribution in [0.3, 0.4) is 0 Å². The summed E-state index contributed by atoms with van der Waals surface area (Å²) in [5, 5.41) is 8.44. The molecule has 0 aromatic carbocycles. The first-order valence-electron chi connectivity index (χ1n) is 8.72. The largest absolute Gasteiger partial charge is 0.416 e. The van der Waals surface area contributed by atoms with Crippen LogP contribution in [0.2, 0.25) is 0 Å². The Morgan fingerprint density at radius 1 is 1.31 bits per heavy atom. The molecule has 3 heterocycles. The normalized spacial score (nSPS) is 22.0. The molecule has 0 radical (unpaired) electrons. The maximum Gasteiger partial charge on any atom is 0.277 e. The minimum absolute atomic E-state index is 0.0126. The molecule has 1 aliphatic heterocycles. The number of carbonyl (C=O) groups is 1. The number of Topliss-reactive ketones (excluding diaryl/α,β-unsaturated/α-hetero) is 1. The van der Waals surface area contributed by atoms with E-state index in [9.17, 15) is 13.2 Å². The second-order valence-electron chi connectivity index (χ2n) is 7.10. The predicted octanol–water partition coefficient (Wildman–Crippen LogP) is 2.70. The summed E-state index contributed by atoms with van der Waals surface area (Å²) in [6.45, 7) is 3.80. The fraction of sp³-hybridized carbons (Fsp3) is 0.588. The Kier molecular flexibility index (Phi) is 4.46. The number of sulfone groups is 1. The Labute approximate surface area is 156 Å². The van der Waals surface area contributed by atoms with E-state index in [1.807, 2.05) is 24.5 Å². The van der Waals surface area contributed by atoms with Gasteiger partial charge < -0.3 is 8.98 Å². The van der Waals surface area contributed by atoms with Gasteiger partial charge in [-0.25, -0.2) is 8.42 Å². The van der Waals surface area contributed by atoms with Crippen molar-refractivity contribution in [2.45, 2.75) is 50.3 Å². The number of hydrogen-bond donors (Lipinski definition) is 0. The number of hydrogen-bond acceptors (Lipinski definition) is 7. The summed E-state index contributed by atoms with van der Waals surface area (Å²) in [6.07, 6.45) is 2.79. The van der Waals surface area contributed by atoms with Gasteiger partial charge >= 0.3 is 0 Å². The number of rotatable bonds is 6. The molecule has 1 atom stereocenters. The lowest BCUT2D eigenvalue weighted by Gasteiger charge is -2.16. The second-order valence-corrected chi connectivity index (χ2v) is 10.3. The van der Waals surface area contributed by atoms with Crippen LogP contribution in [0.1, 0.15) is 58.9 Å². The molecule has 9 heteroatoms. The Balaban J connectivity index is 1.46. The fourth-order valence-corrected chi connectivity index (χ4v) is 5.93. The highest BCUT2D eigenvalue weighted by Crippen LogP contribution is 2.40. The van der Waals surface area contributed by atoms with Gasteiger partial charge in [-0.1, -0.05) is 11.8 Å². The lowest BCUT2D eigenvalue weighted by atomic mass is 10.2. The van der Waals surface area contributed by atoms with Crippen molar-refractivity contribution < 1.29 is 17.6 Å². The first-order chi connectivity index (χ1) is 12.3. The summed E-state index contributed by atoms with van der Waals surface area (Å²) in [4.78, 5) is 12.7. The van der Waals surface area contributed by atoms with Crippen molar-refractivity contribution >= 4 is 27.4 Å². The second kappa shape index (κ2) is 6.53. The van der Waals surface area contributed by atoms with Gasteiger partial charge in [0.2, 0.25) is 5.89 Å². The summed E-state index contributed by atoms with van der Waals surface area (Å²) in [7, 11) is -2.97. The molecule has 4 rings (SSSR count). The third-order valence-corrected chi connectivity index (χ3v) is 7.60.